The first kappa shape index (κ1) is 23.9. The lowest BCUT2D eigenvalue weighted by Crippen LogP contribution is -2.25. The number of fused-ring (bicyclic) bond motifs is 1. The number of hydrogen-bond acceptors (Lipinski definition) is 5. The number of carbonyl (C=O) groups excluding carboxylic acids is 2. The zero-order valence-electron chi connectivity index (χ0n) is 18.8. The number of carbonyl (C=O) groups is 2. The van der Waals surface area contributed by atoms with Crippen molar-refractivity contribution >= 4 is 34.7 Å². The molecular formula is C25H31N3O3S. The summed E-state index contributed by atoms with van der Waals surface area (Å²) in [6.07, 6.45) is 2.75. The van der Waals surface area contributed by atoms with E-state index < -0.39 is 0 Å². The van der Waals surface area contributed by atoms with Crippen LogP contribution in [0.15, 0.2) is 59.8 Å². The number of benzene rings is 2. The molecule has 1 N–H and O–H groups in total. The molecule has 1 amide bonds. The Kier molecular flexibility index (Phi) is 9.16. The van der Waals surface area contributed by atoms with Crippen molar-refractivity contribution in [3.63, 3.8) is 0 Å². The van der Waals surface area contributed by atoms with E-state index in [2.05, 4.69) is 5.32 Å². The highest BCUT2D eigenvalue weighted by Gasteiger charge is 2.16. The van der Waals surface area contributed by atoms with Gasteiger partial charge in [-0.2, -0.15) is 0 Å². The Hall–Kier alpha value is -2.80. The van der Waals surface area contributed by atoms with Crippen LogP contribution in [0.1, 0.15) is 38.7 Å². The molecule has 0 saturated carbocycles. The highest BCUT2D eigenvalue weighted by atomic mass is 32.2. The van der Waals surface area contributed by atoms with E-state index in [-0.39, 0.29) is 24.5 Å². The minimum atomic E-state index is -0.255. The fraction of sp³-hybridized carbons (Fsp3) is 0.400. The largest absolute Gasteiger partial charge is 0.461 e. The lowest BCUT2D eigenvalue weighted by Gasteiger charge is -2.13. The molecular weight excluding hydrogens is 422 g/mol. The number of aryl methyl sites for hydroxylation is 1. The van der Waals surface area contributed by atoms with Crippen LogP contribution in [0.5, 0.6) is 0 Å². The molecule has 0 aliphatic carbocycles. The van der Waals surface area contributed by atoms with E-state index in [1.54, 1.807) is 11.8 Å². The number of para-hydroxylation sites is 2. The van der Waals surface area contributed by atoms with Gasteiger partial charge in [-0.25, -0.2) is 4.98 Å². The van der Waals surface area contributed by atoms with Crippen molar-refractivity contribution in [2.45, 2.75) is 57.3 Å². The molecule has 3 aromatic rings. The number of nitrogens with zero attached hydrogens (tertiary/aromatic N) is 2. The second-order valence-corrected chi connectivity index (χ2v) is 8.78. The minimum Gasteiger partial charge on any atom is -0.461 e. The molecule has 0 spiro atoms. The van der Waals surface area contributed by atoms with Crippen molar-refractivity contribution in [2.24, 2.45) is 0 Å². The van der Waals surface area contributed by atoms with Crippen LogP contribution in [0.2, 0.25) is 0 Å². The molecule has 0 aliphatic rings. The zero-order chi connectivity index (χ0) is 22.8. The van der Waals surface area contributed by atoms with Crippen LogP contribution in [0, 0.1) is 0 Å². The van der Waals surface area contributed by atoms with Crippen LogP contribution in [0.25, 0.3) is 11.0 Å². The molecule has 0 fully saturated rings. The van der Waals surface area contributed by atoms with E-state index in [0.29, 0.717) is 13.0 Å². The summed E-state index contributed by atoms with van der Waals surface area (Å²) in [5.74, 6) is 0.608. The first-order valence-corrected chi connectivity index (χ1v) is 12.1. The van der Waals surface area contributed by atoms with Gasteiger partial charge < -0.3 is 14.6 Å². The molecule has 32 heavy (non-hydrogen) atoms. The Morgan fingerprint density at radius 1 is 1.12 bits per heavy atom. The second kappa shape index (κ2) is 12.3. The van der Waals surface area contributed by atoms with Crippen molar-refractivity contribution < 1.29 is 14.3 Å². The maximum Gasteiger partial charge on any atom is 0.326 e. The van der Waals surface area contributed by atoms with E-state index in [0.717, 1.165) is 41.2 Å². The number of rotatable bonds is 12. The van der Waals surface area contributed by atoms with Crippen molar-refractivity contribution in [1.82, 2.24) is 14.9 Å². The number of nitrogens with one attached hydrogen (secondary N) is 1. The lowest BCUT2D eigenvalue weighted by atomic mass is 10.1. The number of aromatic nitrogens is 2. The van der Waals surface area contributed by atoms with Gasteiger partial charge in [-0.3, -0.25) is 9.59 Å². The van der Waals surface area contributed by atoms with Crippen LogP contribution in [0.4, 0.5) is 0 Å². The Bertz CT molecular complexity index is 1020. The summed E-state index contributed by atoms with van der Waals surface area (Å²) in [5.41, 5.74) is 2.95. The van der Waals surface area contributed by atoms with Gasteiger partial charge in [-0.1, -0.05) is 61.2 Å². The minimum absolute atomic E-state index is 0.0684. The normalized spacial score (nSPS) is 11.9. The smallest absolute Gasteiger partial charge is 0.326 e. The Labute approximate surface area is 193 Å². The second-order valence-electron chi connectivity index (χ2n) is 7.72. The van der Waals surface area contributed by atoms with Gasteiger partial charge in [-0.15, -0.1) is 0 Å². The predicted octanol–water partition coefficient (Wildman–Crippen LogP) is 4.61. The van der Waals surface area contributed by atoms with E-state index >= 15 is 0 Å². The molecule has 3 rings (SSSR count). The SMILES string of the molecule is CCC(C)OC(=O)Cn1c(SCCCNC(=O)CCc2ccccc2)nc2ccccc21. The molecule has 0 aliphatic heterocycles. The van der Waals surface area contributed by atoms with E-state index in [9.17, 15) is 9.59 Å². The maximum absolute atomic E-state index is 12.4. The first-order chi connectivity index (χ1) is 15.6. The number of hydrogen-bond donors (Lipinski definition) is 1. The standard InChI is InChI=1S/C25H31N3O3S/c1-3-19(2)31-24(30)18-28-22-13-8-7-12-21(22)27-25(28)32-17-9-16-26-23(29)15-14-20-10-5-4-6-11-20/h4-8,10-13,19H,3,9,14-18H2,1-2H3,(H,26,29). The van der Waals surface area contributed by atoms with Crippen molar-refractivity contribution in [1.29, 1.82) is 0 Å². The Morgan fingerprint density at radius 2 is 1.88 bits per heavy atom. The summed E-state index contributed by atoms with van der Waals surface area (Å²) >= 11 is 1.59. The molecule has 1 heterocycles. The molecule has 170 valence electrons. The van der Waals surface area contributed by atoms with Gasteiger partial charge in [0.1, 0.15) is 6.54 Å². The quantitative estimate of drug-likeness (QED) is 0.246. The monoisotopic (exact) mass is 453 g/mol. The maximum atomic E-state index is 12.4. The van der Waals surface area contributed by atoms with Crippen molar-refractivity contribution in [3.05, 3.63) is 60.2 Å². The van der Waals surface area contributed by atoms with Crippen molar-refractivity contribution in [3.8, 4) is 0 Å². The van der Waals surface area contributed by atoms with Gasteiger partial charge in [0, 0.05) is 18.7 Å². The fourth-order valence-corrected chi connectivity index (χ4v) is 4.20. The number of ether oxygens (including phenoxy) is 1. The van der Waals surface area contributed by atoms with Crippen LogP contribution < -0.4 is 5.32 Å². The van der Waals surface area contributed by atoms with E-state index in [4.69, 9.17) is 9.72 Å². The summed E-state index contributed by atoms with van der Waals surface area (Å²) in [4.78, 5) is 29.1. The summed E-state index contributed by atoms with van der Waals surface area (Å²) in [7, 11) is 0. The van der Waals surface area contributed by atoms with E-state index in [1.807, 2.05) is 73.0 Å². The molecule has 1 atom stereocenters. The van der Waals surface area contributed by atoms with Crippen LogP contribution >= 0.6 is 11.8 Å². The van der Waals surface area contributed by atoms with Gasteiger partial charge in [-0.05, 0) is 43.9 Å². The van der Waals surface area contributed by atoms with Crippen molar-refractivity contribution in [2.75, 3.05) is 12.3 Å². The Morgan fingerprint density at radius 3 is 2.66 bits per heavy atom. The summed E-state index contributed by atoms with van der Waals surface area (Å²) in [6.45, 7) is 4.65. The lowest BCUT2D eigenvalue weighted by molar-refractivity contribution is -0.149. The Balaban J connectivity index is 1.48. The van der Waals surface area contributed by atoms with Gasteiger partial charge in [0.25, 0.3) is 0 Å². The predicted molar refractivity (Wildman–Crippen MR) is 129 cm³/mol. The van der Waals surface area contributed by atoms with Crippen LogP contribution in [-0.4, -0.2) is 39.8 Å². The average Bonchev–Trinajstić information content (AvgIpc) is 3.15. The molecule has 0 bridgehead atoms. The number of amides is 1. The summed E-state index contributed by atoms with van der Waals surface area (Å²) in [6, 6.07) is 17.8. The number of imidazole rings is 1. The zero-order valence-corrected chi connectivity index (χ0v) is 19.6. The van der Waals surface area contributed by atoms with Crippen LogP contribution in [-0.2, 0) is 27.3 Å². The fourth-order valence-electron chi connectivity index (χ4n) is 3.24. The summed E-state index contributed by atoms with van der Waals surface area (Å²) < 4.78 is 7.38. The summed E-state index contributed by atoms with van der Waals surface area (Å²) in [5, 5.41) is 3.78. The highest BCUT2D eigenvalue weighted by Crippen LogP contribution is 2.24. The van der Waals surface area contributed by atoms with Gasteiger partial charge in [0.15, 0.2) is 5.16 Å². The van der Waals surface area contributed by atoms with Crippen LogP contribution in [0.3, 0.4) is 0 Å². The van der Waals surface area contributed by atoms with Gasteiger partial charge in [0.05, 0.1) is 17.1 Å². The molecule has 1 aromatic heterocycles. The average molecular weight is 454 g/mol. The molecule has 0 radical (unpaired) electrons. The number of thioether (sulfide) groups is 1. The van der Waals surface area contributed by atoms with Gasteiger partial charge >= 0.3 is 5.97 Å². The molecule has 7 heteroatoms. The molecule has 1 unspecified atom stereocenters. The third kappa shape index (κ3) is 7.12. The third-order valence-electron chi connectivity index (χ3n) is 5.17. The molecule has 0 saturated heterocycles. The molecule has 2 aromatic carbocycles. The highest BCUT2D eigenvalue weighted by molar-refractivity contribution is 7.99. The van der Waals surface area contributed by atoms with Gasteiger partial charge in [0.2, 0.25) is 5.91 Å². The first-order valence-electron chi connectivity index (χ1n) is 11.1. The molecule has 6 nitrogen and oxygen atoms in total. The third-order valence-corrected chi connectivity index (χ3v) is 6.23. The topological polar surface area (TPSA) is 73.2 Å². The number of esters is 1. The van der Waals surface area contributed by atoms with E-state index in [1.165, 1.54) is 5.56 Å².